The molecule has 0 aliphatic heterocycles. The van der Waals surface area contributed by atoms with Crippen LogP contribution in [0.15, 0.2) is 37.1 Å². The minimum absolute atomic E-state index is 0.527. The maximum absolute atomic E-state index is 5.44. The van der Waals surface area contributed by atoms with Gasteiger partial charge in [0.2, 0.25) is 0 Å². The number of nitrogens with zero attached hydrogens (tertiary/aromatic N) is 3. The number of rotatable bonds is 1. The Morgan fingerprint density at radius 2 is 2.25 bits per heavy atom. The molecule has 12 heavy (non-hydrogen) atoms. The molecule has 0 aromatic carbocycles. The number of hydrogen-bond acceptors (Lipinski definition) is 3. The molecule has 0 unspecified atom stereocenters. The van der Waals surface area contributed by atoms with Crippen LogP contribution >= 0.6 is 0 Å². The zero-order chi connectivity index (χ0) is 8.39. The number of imidazole rings is 1. The van der Waals surface area contributed by atoms with Gasteiger partial charge < -0.3 is 10.3 Å². The van der Waals surface area contributed by atoms with Crippen LogP contribution in [0.3, 0.4) is 0 Å². The Bertz CT molecular complexity index is 349. The average molecular weight is 160 g/mol. The van der Waals surface area contributed by atoms with Crippen LogP contribution in [0.4, 0.5) is 5.82 Å². The van der Waals surface area contributed by atoms with Crippen LogP contribution in [-0.4, -0.2) is 14.5 Å². The van der Waals surface area contributed by atoms with E-state index in [0.29, 0.717) is 5.82 Å². The summed E-state index contributed by atoms with van der Waals surface area (Å²) in [5.41, 5.74) is 6.40. The third kappa shape index (κ3) is 1.14. The Balaban J connectivity index is 2.43. The van der Waals surface area contributed by atoms with Gasteiger partial charge in [-0.3, -0.25) is 0 Å². The number of nitrogen functional groups attached to an aromatic ring is 1. The SMILES string of the molecule is Nc1ccc(-n2ccnc2)cn1. The monoisotopic (exact) mass is 160 g/mol. The maximum Gasteiger partial charge on any atom is 0.123 e. The van der Waals surface area contributed by atoms with E-state index in [0.717, 1.165) is 5.69 Å². The smallest absolute Gasteiger partial charge is 0.123 e. The van der Waals surface area contributed by atoms with Crippen molar-refractivity contribution in [3.63, 3.8) is 0 Å². The van der Waals surface area contributed by atoms with Crippen molar-refractivity contribution in [2.24, 2.45) is 0 Å². The van der Waals surface area contributed by atoms with Crippen LogP contribution in [0.1, 0.15) is 0 Å². The van der Waals surface area contributed by atoms with E-state index in [2.05, 4.69) is 9.97 Å². The van der Waals surface area contributed by atoms with Gasteiger partial charge in [-0.25, -0.2) is 9.97 Å². The fraction of sp³-hybridized carbons (Fsp3) is 0. The van der Waals surface area contributed by atoms with Gasteiger partial charge in [-0.15, -0.1) is 0 Å². The fourth-order valence-electron chi connectivity index (χ4n) is 0.962. The minimum Gasteiger partial charge on any atom is -0.384 e. The van der Waals surface area contributed by atoms with Crippen LogP contribution in [0.2, 0.25) is 0 Å². The third-order valence-corrected chi connectivity index (χ3v) is 1.57. The first kappa shape index (κ1) is 6.84. The Morgan fingerprint density at radius 1 is 1.33 bits per heavy atom. The van der Waals surface area contributed by atoms with Crippen molar-refractivity contribution < 1.29 is 0 Å². The van der Waals surface area contributed by atoms with E-state index in [9.17, 15) is 0 Å². The van der Waals surface area contributed by atoms with Crippen molar-refractivity contribution in [1.29, 1.82) is 0 Å². The van der Waals surface area contributed by atoms with Gasteiger partial charge in [-0.2, -0.15) is 0 Å². The molecule has 0 fully saturated rings. The summed E-state index contributed by atoms with van der Waals surface area (Å²) >= 11 is 0. The van der Waals surface area contributed by atoms with Crippen molar-refractivity contribution in [1.82, 2.24) is 14.5 Å². The van der Waals surface area contributed by atoms with Gasteiger partial charge in [-0.1, -0.05) is 0 Å². The van der Waals surface area contributed by atoms with Gasteiger partial charge in [-0.05, 0) is 12.1 Å². The molecule has 2 N–H and O–H groups in total. The molecule has 0 aliphatic carbocycles. The molecule has 0 bridgehead atoms. The fourth-order valence-corrected chi connectivity index (χ4v) is 0.962. The Kier molecular flexibility index (Phi) is 1.51. The van der Waals surface area contributed by atoms with E-state index >= 15 is 0 Å². The van der Waals surface area contributed by atoms with Crippen LogP contribution in [-0.2, 0) is 0 Å². The topological polar surface area (TPSA) is 56.7 Å². The normalized spacial score (nSPS) is 10.0. The van der Waals surface area contributed by atoms with Gasteiger partial charge in [0.25, 0.3) is 0 Å². The number of hydrogen-bond donors (Lipinski definition) is 1. The predicted octanol–water partition coefficient (Wildman–Crippen LogP) is 0.849. The van der Waals surface area contributed by atoms with E-state index in [-0.39, 0.29) is 0 Å². The Labute approximate surface area is 69.7 Å². The summed E-state index contributed by atoms with van der Waals surface area (Å²) in [7, 11) is 0. The van der Waals surface area contributed by atoms with E-state index in [4.69, 9.17) is 5.73 Å². The van der Waals surface area contributed by atoms with Crippen LogP contribution in [0.25, 0.3) is 5.69 Å². The van der Waals surface area contributed by atoms with Crippen molar-refractivity contribution >= 4 is 5.82 Å². The summed E-state index contributed by atoms with van der Waals surface area (Å²) in [4.78, 5) is 7.89. The lowest BCUT2D eigenvalue weighted by Crippen LogP contribution is -1.93. The van der Waals surface area contributed by atoms with Gasteiger partial charge in [0, 0.05) is 12.4 Å². The van der Waals surface area contributed by atoms with Gasteiger partial charge in [0.15, 0.2) is 0 Å². The van der Waals surface area contributed by atoms with E-state index < -0.39 is 0 Å². The molecular weight excluding hydrogens is 152 g/mol. The highest BCUT2D eigenvalue weighted by Gasteiger charge is 1.93. The molecule has 60 valence electrons. The first-order valence-corrected chi connectivity index (χ1v) is 3.56. The zero-order valence-electron chi connectivity index (χ0n) is 6.38. The Morgan fingerprint density at radius 3 is 2.83 bits per heavy atom. The van der Waals surface area contributed by atoms with Crippen molar-refractivity contribution in [3.05, 3.63) is 37.1 Å². The zero-order valence-corrected chi connectivity index (χ0v) is 6.38. The number of nitrogens with two attached hydrogens (primary N) is 1. The van der Waals surface area contributed by atoms with E-state index in [1.165, 1.54) is 0 Å². The molecular formula is C8H8N4. The highest BCUT2D eigenvalue weighted by Crippen LogP contribution is 2.06. The summed E-state index contributed by atoms with van der Waals surface area (Å²) < 4.78 is 1.87. The molecule has 0 atom stereocenters. The molecule has 0 radical (unpaired) electrons. The largest absolute Gasteiger partial charge is 0.384 e. The predicted molar refractivity (Wildman–Crippen MR) is 45.8 cm³/mol. The number of aromatic nitrogens is 3. The van der Waals surface area contributed by atoms with Gasteiger partial charge in [0.05, 0.1) is 18.2 Å². The molecule has 2 aromatic rings. The molecule has 0 saturated heterocycles. The lowest BCUT2D eigenvalue weighted by molar-refractivity contribution is 1.04. The third-order valence-electron chi connectivity index (χ3n) is 1.57. The minimum atomic E-state index is 0.527. The molecule has 0 saturated carbocycles. The first-order chi connectivity index (χ1) is 5.86. The van der Waals surface area contributed by atoms with Gasteiger partial charge >= 0.3 is 0 Å². The number of anilines is 1. The van der Waals surface area contributed by atoms with Gasteiger partial charge in [0.1, 0.15) is 5.82 Å². The van der Waals surface area contributed by atoms with Crippen molar-refractivity contribution in [3.8, 4) is 5.69 Å². The molecule has 0 aliphatic rings. The first-order valence-electron chi connectivity index (χ1n) is 3.56. The standard InChI is InChI=1S/C8H8N4/c9-8-2-1-7(5-11-8)12-4-3-10-6-12/h1-6H,(H2,9,11). The van der Waals surface area contributed by atoms with Crippen LogP contribution in [0, 0.1) is 0 Å². The van der Waals surface area contributed by atoms with E-state index in [1.54, 1.807) is 24.8 Å². The quantitative estimate of drug-likeness (QED) is 0.672. The van der Waals surface area contributed by atoms with Crippen LogP contribution in [0.5, 0.6) is 0 Å². The summed E-state index contributed by atoms with van der Waals surface area (Å²) in [6, 6.07) is 3.65. The second kappa shape index (κ2) is 2.65. The summed E-state index contributed by atoms with van der Waals surface area (Å²) in [6.45, 7) is 0. The lowest BCUT2D eigenvalue weighted by atomic mass is 10.4. The highest BCUT2D eigenvalue weighted by molar-refractivity contribution is 5.36. The second-order valence-corrected chi connectivity index (χ2v) is 2.41. The number of pyridine rings is 1. The Hall–Kier alpha value is -1.84. The molecule has 4 nitrogen and oxygen atoms in total. The molecule has 0 spiro atoms. The second-order valence-electron chi connectivity index (χ2n) is 2.41. The molecule has 4 heteroatoms. The molecule has 0 amide bonds. The summed E-state index contributed by atoms with van der Waals surface area (Å²) in [6.07, 6.45) is 6.99. The lowest BCUT2D eigenvalue weighted by Gasteiger charge is -1.99. The van der Waals surface area contributed by atoms with Crippen LogP contribution < -0.4 is 5.73 Å². The molecule has 2 aromatic heterocycles. The molecule has 2 rings (SSSR count). The summed E-state index contributed by atoms with van der Waals surface area (Å²) in [5, 5.41) is 0. The van der Waals surface area contributed by atoms with E-state index in [1.807, 2.05) is 16.8 Å². The van der Waals surface area contributed by atoms with Crippen molar-refractivity contribution in [2.75, 3.05) is 5.73 Å². The van der Waals surface area contributed by atoms with Crippen molar-refractivity contribution in [2.45, 2.75) is 0 Å². The maximum atomic E-state index is 5.44. The summed E-state index contributed by atoms with van der Waals surface area (Å²) in [5.74, 6) is 0.527. The highest BCUT2D eigenvalue weighted by atomic mass is 15.0. The molecule has 2 heterocycles. The average Bonchev–Trinajstić information content (AvgIpc) is 2.58.